The quantitative estimate of drug-likeness (QED) is 0.0165. The van der Waals surface area contributed by atoms with Gasteiger partial charge in [-0.3, -0.25) is 4.79 Å². The van der Waals surface area contributed by atoms with Crippen LogP contribution in [0.15, 0.2) is 48.6 Å². The van der Waals surface area contributed by atoms with Gasteiger partial charge in [0.1, 0.15) is 31.0 Å². The van der Waals surface area contributed by atoms with Crippen LogP contribution in [0.25, 0.3) is 0 Å². The molecule has 0 amide bonds. The Morgan fingerprint density at radius 3 is 1.80 bits per heavy atom. The summed E-state index contributed by atoms with van der Waals surface area (Å²) in [5.74, 6) is -1.08. The van der Waals surface area contributed by atoms with Gasteiger partial charge in [0, 0.05) is 12.5 Å². The number of carbonyl (C=O) groups excluding carboxylic acids is 2. The van der Waals surface area contributed by atoms with Crippen LogP contribution in [0.5, 0.6) is 0 Å². The molecule has 0 bridgehead atoms. The second-order valence-electron chi connectivity index (χ2n) is 14.5. The van der Waals surface area contributed by atoms with E-state index in [0.717, 1.165) is 57.8 Å². The maximum absolute atomic E-state index is 12.7. The number of hydrogen-bond acceptors (Lipinski definition) is 10. The van der Waals surface area contributed by atoms with Gasteiger partial charge in [-0.25, -0.2) is 4.79 Å². The zero-order chi connectivity index (χ0) is 39.5. The van der Waals surface area contributed by atoms with E-state index in [9.17, 15) is 30.0 Å². The molecule has 0 radical (unpaired) electrons. The van der Waals surface area contributed by atoms with Gasteiger partial charge >= 0.3 is 11.9 Å². The van der Waals surface area contributed by atoms with Gasteiger partial charge < -0.3 is 39.4 Å². The molecule has 1 aliphatic heterocycles. The normalized spacial score (nSPS) is 21.2. The molecular weight excluding hydrogens is 688 g/mol. The zero-order valence-corrected chi connectivity index (χ0v) is 33.7. The molecule has 10 nitrogen and oxygen atoms in total. The van der Waals surface area contributed by atoms with Gasteiger partial charge in [-0.05, 0) is 44.9 Å². The summed E-state index contributed by atoms with van der Waals surface area (Å²) in [6, 6.07) is 0. The first-order chi connectivity index (χ1) is 26.3. The highest BCUT2D eigenvalue weighted by molar-refractivity contribution is 5.82. The van der Waals surface area contributed by atoms with Gasteiger partial charge in [-0.15, -0.1) is 0 Å². The van der Waals surface area contributed by atoms with Crippen molar-refractivity contribution in [2.45, 2.75) is 198 Å². The number of esters is 2. The fraction of sp³-hybridized carbons (Fsp3) is 0.773. The minimum Gasteiger partial charge on any atom is -0.458 e. The highest BCUT2D eigenvalue weighted by Crippen LogP contribution is 2.22. The van der Waals surface area contributed by atoms with Gasteiger partial charge in [-0.1, -0.05) is 153 Å². The molecule has 1 rings (SSSR count). The van der Waals surface area contributed by atoms with Crippen LogP contribution in [0.4, 0.5) is 0 Å². The van der Waals surface area contributed by atoms with Crippen molar-refractivity contribution in [1.29, 1.82) is 0 Å². The van der Waals surface area contributed by atoms with Crippen molar-refractivity contribution in [3.05, 3.63) is 48.6 Å². The molecule has 0 aromatic heterocycles. The van der Waals surface area contributed by atoms with Crippen molar-refractivity contribution in [2.75, 3.05) is 19.8 Å². The van der Waals surface area contributed by atoms with E-state index in [2.05, 4.69) is 38.2 Å². The molecule has 312 valence electrons. The summed E-state index contributed by atoms with van der Waals surface area (Å²) in [4.78, 5) is 25.1. The summed E-state index contributed by atoms with van der Waals surface area (Å²) in [7, 11) is 0. The van der Waals surface area contributed by atoms with Crippen molar-refractivity contribution in [3.8, 4) is 0 Å². The number of rotatable bonds is 34. The van der Waals surface area contributed by atoms with Gasteiger partial charge in [-0.2, -0.15) is 0 Å². The third-order valence-corrected chi connectivity index (χ3v) is 9.54. The largest absolute Gasteiger partial charge is 0.458 e. The van der Waals surface area contributed by atoms with Crippen molar-refractivity contribution in [1.82, 2.24) is 0 Å². The molecular formula is C44H76O10. The van der Waals surface area contributed by atoms with E-state index in [-0.39, 0.29) is 19.6 Å². The van der Waals surface area contributed by atoms with Crippen molar-refractivity contribution < 1.29 is 49.0 Å². The van der Waals surface area contributed by atoms with E-state index in [1.54, 1.807) is 6.08 Å². The first-order valence-corrected chi connectivity index (χ1v) is 21.2. The van der Waals surface area contributed by atoms with E-state index in [1.807, 2.05) is 12.2 Å². The van der Waals surface area contributed by atoms with Crippen molar-refractivity contribution in [3.63, 3.8) is 0 Å². The average Bonchev–Trinajstić information content (AvgIpc) is 3.17. The molecule has 0 aliphatic carbocycles. The molecule has 1 fully saturated rings. The molecule has 6 atom stereocenters. The molecule has 1 heterocycles. The number of aliphatic hydroxyl groups excluding tert-OH is 4. The molecule has 54 heavy (non-hydrogen) atoms. The molecule has 2 unspecified atom stereocenters. The molecule has 4 N–H and O–H groups in total. The number of carbonyl (C=O) groups is 2. The van der Waals surface area contributed by atoms with Crippen LogP contribution in [0.3, 0.4) is 0 Å². The standard InChI is InChI=1S/C44H76O10/c1-3-5-7-9-11-13-15-17-19-21-22-24-26-28-30-32-39(46)51-35-37(36-52-44-43(50)42(49)41(48)38(34-45)54-44)53-40(47)33-31-29-27-25-23-20-18-16-14-12-10-8-6-4-2/h10,12,16,18,26,28,30,32,37-38,41-45,48-50H,3-9,11,13-15,17,19-25,27,29,31,33-36H2,1-2H3/b12-10+,18-16+,28-26+,32-30+/t37-,38-,41+,42?,43?,44-/m0/s1. The summed E-state index contributed by atoms with van der Waals surface area (Å²) in [6.45, 7) is 3.23. The molecule has 10 heteroatoms. The maximum Gasteiger partial charge on any atom is 0.330 e. The smallest absolute Gasteiger partial charge is 0.330 e. The summed E-state index contributed by atoms with van der Waals surface area (Å²) in [5.41, 5.74) is 0. The molecule has 1 aliphatic rings. The Bertz CT molecular complexity index is 1020. The SMILES string of the molecule is CCCC/C=C/C/C=C/CCCCCCCC(=O)O[C@@H](COC(=O)/C=C/C=C/CCCCCCCCCCCCC)CO[C@H]1O[C@@H](CO)[C@@H](O)C(O)C1O. The molecule has 0 aromatic carbocycles. The third kappa shape index (κ3) is 26.5. The predicted molar refractivity (Wildman–Crippen MR) is 215 cm³/mol. The van der Waals surface area contributed by atoms with Crippen molar-refractivity contribution in [2.24, 2.45) is 0 Å². The Labute approximate surface area is 327 Å². The summed E-state index contributed by atoms with van der Waals surface area (Å²) < 4.78 is 21.9. The fourth-order valence-electron chi connectivity index (χ4n) is 6.12. The number of unbranched alkanes of at least 4 members (excludes halogenated alkanes) is 18. The monoisotopic (exact) mass is 765 g/mol. The van der Waals surface area contributed by atoms with E-state index in [1.165, 1.54) is 83.1 Å². The van der Waals surface area contributed by atoms with E-state index in [4.69, 9.17) is 18.9 Å². The van der Waals surface area contributed by atoms with Gasteiger partial charge in [0.05, 0.1) is 13.2 Å². The molecule has 0 aromatic rings. The lowest BCUT2D eigenvalue weighted by Gasteiger charge is -2.39. The number of aliphatic hydroxyl groups is 4. The van der Waals surface area contributed by atoms with Gasteiger partial charge in [0.2, 0.25) is 0 Å². The maximum atomic E-state index is 12.7. The zero-order valence-electron chi connectivity index (χ0n) is 33.7. The van der Waals surface area contributed by atoms with Crippen LogP contribution in [-0.4, -0.2) is 89.0 Å². The average molecular weight is 765 g/mol. The second-order valence-corrected chi connectivity index (χ2v) is 14.5. The van der Waals surface area contributed by atoms with Crippen LogP contribution < -0.4 is 0 Å². The second kappa shape index (κ2) is 35.1. The minimum absolute atomic E-state index is 0.193. The van der Waals surface area contributed by atoms with E-state index >= 15 is 0 Å². The van der Waals surface area contributed by atoms with Crippen LogP contribution >= 0.6 is 0 Å². The summed E-state index contributed by atoms with van der Waals surface area (Å²) in [6.07, 6.45) is 33.2. The topological polar surface area (TPSA) is 152 Å². The Morgan fingerprint density at radius 2 is 1.19 bits per heavy atom. The van der Waals surface area contributed by atoms with Crippen LogP contribution in [0, 0.1) is 0 Å². The van der Waals surface area contributed by atoms with Crippen LogP contribution in [-0.2, 0) is 28.5 Å². The first kappa shape index (κ1) is 49.7. The molecule has 1 saturated heterocycles. The fourth-order valence-corrected chi connectivity index (χ4v) is 6.12. The Kier molecular flexibility index (Phi) is 32.3. The lowest BCUT2D eigenvalue weighted by molar-refractivity contribution is -0.305. The molecule has 0 saturated carbocycles. The van der Waals surface area contributed by atoms with E-state index in [0.29, 0.717) is 6.42 Å². The van der Waals surface area contributed by atoms with E-state index < -0.39 is 55.4 Å². The van der Waals surface area contributed by atoms with Crippen molar-refractivity contribution >= 4 is 11.9 Å². The van der Waals surface area contributed by atoms with Gasteiger partial charge in [0.25, 0.3) is 0 Å². The Balaban J connectivity index is 2.42. The summed E-state index contributed by atoms with van der Waals surface area (Å²) >= 11 is 0. The first-order valence-electron chi connectivity index (χ1n) is 21.2. The number of allylic oxidation sites excluding steroid dienone is 7. The van der Waals surface area contributed by atoms with Crippen LogP contribution in [0.1, 0.15) is 162 Å². The van der Waals surface area contributed by atoms with Crippen LogP contribution in [0.2, 0.25) is 0 Å². The minimum atomic E-state index is -1.61. The highest BCUT2D eigenvalue weighted by Gasteiger charge is 2.44. The lowest BCUT2D eigenvalue weighted by atomic mass is 9.99. The third-order valence-electron chi connectivity index (χ3n) is 9.54. The lowest BCUT2D eigenvalue weighted by Crippen LogP contribution is -2.59. The predicted octanol–water partition coefficient (Wildman–Crippen LogP) is 8.49. The number of hydrogen-bond donors (Lipinski definition) is 4. The Morgan fingerprint density at radius 1 is 0.630 bits per heavy atom. The highest BCUT2D eigenvalue weighted by atomic mass is 16.7. The number of ether oxygens (including phenoxy) is 4. The molecule has 0 spiro atoms. The summed E-state index contributed by atoms with van der Waals surface area (Å²) in [5, 5.41) is 40.0. The Hall–Kier alpha value is -2.34. The van der Waals surface area contributed by atoms with Gasteiger partial charge in [0.15, 0.2) is 12.4 Å².